The van der Waals surface area contributed by atoms with Crippen LogP contribution < -0.4 is 5.73 Å². The normalized spacial score (nSPS) is 14.0. The van der Waals surface area contributed by atoms with Crippen LogP contribution in [0.3, 0.4) is 0 Å². The Bertz CT molecular complexity index is 156. The van der Waals surface area contributed by atoms with Gasteiger partial charge in [0.05, 0.1) is 0 Å². The summed E-state index contributed by atoms with van der Waals surface area (Å²) >= 11 is 0. The third-order valence-corrected chi connectivity index (χ3v) is 1.53. The minimum atomic E-state index is -0.773. The maximum absolute atomic E-state index is 10.4. The fourth-order valence-electron chi connectivity index (χ4n) is 1.22. The van der Waals surface area contributed by atoms with Crippen molar-refractivity contribution in [2.24, 2.45) is 11.7 Å². The second kappa shape index (κ2) is 4.30. The predicted molar refractivity (Wildman–Crippen MR) is 45.6 cm³/mol. The third kappa shape index (κ3) is 4.96. The van der Waals surface area contributed by atoms with Crippen molar-refractivity contribution >= 4 is 6.09 Å². The molecule has 0 bridgehead atoms. The minimum Gasteiger partial charge on any atom is -0.444 e. The maximum Gasteiger partial charge on any atom is 0.405 e. The topological polar surface area (TPSA) is 72.6 Å². The van der Waals surface area contributed by atoms with Gasteiger partial charge in [-0.15, -0.1) is 0 Å². The van der Waals surface area contributed by atoms with Crippen LogP contribution in [0.25, 0.3) is 0 Å². The number of primary amides is 1. The van der Waals surface area contributed by atoms with Gasteiger partial charge < -0.3 is 15.6 Å². The lowest BCUT2D eigenvalue weighted by Gasteiger charge is -2.26. The van der Waals surface area contributed by atoms with E-state index in [4.69, 9.17) is 15.6 Å². The van der Waals surface area contributed by atoms with Crippen LogP contribution in [0.2, 0.25) is 0 Å². The second-order valence-corrected chi connectivity index (χ2v) is 3.67. The molecule has 0 aliphatic heterocycles. The Labute approximate surface area is 72.7 Å². The lowest BCUT2D eigenvalue weighted by molar-refractivity contribution is 0.0212. The molecule has 0 aromatic carbocycles. The lowest BCUT2D eigenvalue weighted by Crippen LogP contribution is -2.33. The molecule has 0 aliphatic rings. The molecular weight excluding hydrogens is 158 g/mol. The fraction of sp³-hybridized carbons (Fsp3) is 0.875. The van der Waals surface area contributed by atoms with Gasteiger partial charge in [-0.25, -0.2) is 4.79 Å². The number of aliphatic hydroxyl groups excluding tert-OH is 1. The van der Waals surface area contributed by atoms with Crippen LogP contribution >= 0.6 is 0 Å². The Kier molecular flexibility index (Phi) is 4.03. The molecule has 0 fully saturated rings. The predicted octanol–water partition coefficient (Wildman–Crippen LogP) is 0.879. The van der Waals surface area contributed by atoms with Gasteiger partial charge in [-0.3, -0.25) is 0 Å². The van der Waals surface area contributed by atoms with Crippen LogP contribution in [0.5, 0.6) is 0 Å². The number of amides is 1. The lowest BCUT2D eigenvalue weighted by atomic mass is 9.95. The Morgan fingerprint density at radius 3 is 2.50 bits per heavy atom. The Hall–Kier alpha value is -0.770. The average molecular weight is 175 g/mol. The van der Waals surface area contributed by atoms with E-state index in [1.165, 1.54) is 0 Å². The van der Waals surface area contributed by atoms with Gasteiger partial charge in [0.1, 0.15) is 5.60 Å². The first kappa shape index (κ1) is 11.2. The largest absolute Gasteiger partial charge is 0.444 e. The van der Waals surface area contributed by atoms with Crippen LogP contribution in [0.15, 0.2) is 0 Å². The van der Waals surface area contributed by atoms with Gasteiger partial charge in [-0.2, -0.15) is 0 Å². The van der Waals surface area contributed by atoms with Gasteiger partial charge >= 0.3 is 6.09 Å². The Balaban J connectivity index is 3.94. The first-order chi connectivity index (χ1) is 5.37. The summed E-state index contributed by atoms with van der Waals surface area (Å²) < 4.78 is 4.84. The molecule has 0 aromatic rings. The SMILES string of the molecule is CC(CO)CC(C)(C)OC(N)=O. The van der Waals surface area contributed by atoms with Crippen LogP contribution in [0.1, 0.15) is 27.2 Å². The summed E-state index contributed by atoms with van der Waals surface area (Å²) in [5.41, 5.74) is 4.28. The molecule has 1 amide bonds. The number of aliphatic hydroxyl groups is 1. The summed E-state index contributed by atoms with van der Waals surface area (Å²) in [4.78, 5) is 10.4. The summed E-state index contributed by atoms with van der Waals surface area (Å²) in [7, 11) is 0. The standard InChI is InChI=1S/C8H17NO3/c1-6(5-10)4-8(2,3)12-7(9)11/h6,10H,4-5H2,1-3H3,(H2,9,11). The summed E-state index contributed by atoms with van der Waals surface area (Å²) in [6, 6.07) is 0. The number of hydrogen-bond acceptors (Lipinski definition) is 3. The van der Waals surface area contributed by atoms with E-state index in [9.17, 15) is 4.79 Å². The van der Waals surface area contributed by atoms with E-state index in [0.717, 1.165) is 0 Å². The van der Waals surface area contributed by atoms with Crippen molar-refractivity contribution in [3.05, 3.63) is 0 Å². The molecule has 0 aliphatic carbocycles. The smallest absolute Gasteiger partial charge is 0.405 e. The maximum atomic E-state index is 10.4. The van der Waals surface area contributed by atoms with E-state index in [1.807, 2.05) is 6.92 Å². The van der Waals surface area contributed by atoms with E-state index in [-0.39, 0.29) is 12.5 Å². The summed E-state index contributed by atoms with van der Waals surface area (Å²) in [6.07, 6.45) is -0.169. The molecule has 4 heteroatoms. The molecule has 4 nitrogen and oxygen atoms in total. The van der Waals surface area contributed by atoms with Crippen molar-refractivity contribution < 1.29 is 14.6 Å². The molecule has 0 heterocycles. The zero-order valence-electron chi connectivity index (χ0n) is 7.83. The van der Waals surface area contributed by atoms with Gasteiger partial charge in [-0.05, 0) is 26.2 Å². The van der Waals surface area contributed by atoms with E-state index in [0.29, 0.717) is 6.42 Å². The molecule has 0 saturated heterocycles. The number of rotatable bonds is 4. The summed E-state index contributed by atoms with van der Waals surface area (Å²) in [5.74, 6) is 0.111. The van der Waals surface area contributed by atoms with Crippen molar-refractivity contribution in [1.82, 2.24) is 0 Å². The molecule has 1 unspecified atom stereocenters. The second-order valence-electron chi connectivity index (χ2n) is 3.67. The Morgan fingerprint density at radius 1 is 1.67 bits per heavy atom. The zero-order valence-corrected chi connectivity index (χ0v) is 7.83. The number of carbonyl (C=O) groups excluding carboxylic acids is 1. The molecule has 1 atom stereocenters. The van der Waals surface area contributed by atoms with Crippen LogP contribution in [0, 0.1) is 5.92 Å². The van der Waals surface area contributed by atoms with E-state index in [1.54, 1.807) is 13.8 Å². The molecule has 3 N–H and O–H groups in total. The van der Waals surface area contributed by atoms with Gasteiger partial charge in [-0.1, -0.05) is 6.92 Å². The quantitative estimate of drug-likeness (QED) is 0.666. The van der Waals surface area contributed by atoms with Gasteiger partial charge in [0.25, 0.3) is 0 Å². The van der Waals surface area contributed by atoms with Crippen LogP contribution in [-0.2, 0) is 4.74 Å². The molecular formula is C8H17NO3. The monoisotopic (exact) mass is 175 g/mol. The zero-order chi connectivity index (χ0) is 9.78. The molecule has 0 rings (SSSR count). The molecule has 72 valence electrons. The molecule has 0 aromatic heterocycles. The van der Waals surface area contributed by atoms with Gasteiger partial charge in [0.2, 0.25) is 0 Å². The van der Waals surface area contributed by atoms with E-state index < -0.39 is 11.7 Å². The number of ether oxygens (including phenoxy) is 1. The number of nitrogens with two attached hydrogens (primary N) is 1. The third-order valence-electron chi connectivity index (χ3n) is 1.53. The molecule has 12 heavy (non-hydrogen) atoms. The van der Waals surface area contributed by atoms with Crippen molar-refractivity contribution in [2.45, 2.75) is 32.8 Å². The fourth-order valence-corrected chi connectivity index (χ4v) is 1.22. The average Bonchev–Trinajstić information content (AvgIpc) is 1.83. The van der Waals surface area contributed by atoms with Gasteiger partial charge in [0.15, 0.2) is 0 Å². The van der Waals surface area contributed by atoms with Crippen LogP contribution in [0.4, 0.5) is 4.79 Å². The molecule has 0 saturated carbocycles. The van der Waals surface area contributed by atoms with Gasteiger partial charge in [0, 0.05) is 6.61 Å². The highest BCUT2D eigenvalue weighted by Gasteiger charge is 2.23. The molecule has 0 spiro atoms. The van der Waals surface area contributed by atoms with E-state index in [2.05, 4.69) is 0 Å². The number of hydrogen-bond donors (Lipinski definition) is 2. The van der Waals surface area contributed by atoms with Crippen molar-refractivity contribution in [2.75, 3.05) is 6.61 Å². The van der Waals surface area contributed by atoms with Crippen molar-refractivity contribution in [3.8, 4) is 0 Å². The van der Waals surface area contributed by atoms with Crippen molar-refractivity contribution in [1.29, 1.82) is 0 Å². The summed E-state index contributed by atoms with van der Waals surface area (Å²) in [6.45, 7) is 5.51. The van der Waals surface area contributed by atoms with Crippen LogP contribution in [-0.4, -0.2) is 23.4 Å². The highest BCUT2D eigenvalue weighted by Crippen LogP contribution is 2.19. The first-order valence-corrected chi connectivity index (χ1v) is 3.96. The minimum absolute atomic E-state index is 0.0888. The first-order valence-electron chi connectivity index (χ1n) is 3.96. The Morgan fingerprint density at radius 2 is 2.17 bits per heavy atom. The van der Waals surface area contributed by atoms with E-state index >= 15 is 0 Å². The highest BCUT2D eigenvalue weighted by atomic mass is 16.6. The molecule has 0 radical (unpaired) electrons. The highest BCUT2D eigenvalue weighted by molar-refractivity contribution is 5.65. The summed E-state index contributed by atoms with van der Waals surface area (Å²) in [5, 5.41) is 8.76. The number of carbonyl (C=O) groups is 1. The van der Waals surface area contributed by atoms with Crippen molar-refractivity contribution in [3.63, 3.8) is 0 Å².